The van der Waals surface area contributed by atoms with Gasteiger partial charge in [-0.3, -0.25) is 9.89 Å². The highest BCUT2D eigenvalue weighted by molar-refractivity contribution is 5.92. The van der Waals surface area contributed by atoms with Crippen LogP contribution in [-0.2, 0) is 0 Å². The molecule has 4 N–H and O–H groups in total. The van der Waals surface area contributed by atoms with Crippen LogP contribution >= 0.6 is 0 Å². The normalized spacial score (nSPS) is 21.4. The van der Waals surface area contributed by atoms with Crippen LogP contribution in [0.15, 0.2) is 6.07 Å². The molecule has 1 saturated heterocycles. The first-order valence-corrected chi connectivity index (χ1v) is 5.96. The largest absolute Gasteiger partial charge is 0.382 e. The van der Waals surface area contributed by atoms with Gasteiger partial charge in [-0.15, -0.1) is 0 Å². The van der Waals surface area contributed by atoms with Gasteiger partial charge in [-0.05, 0) is 26.4 Å². The molecule has 0 spiro atoms. The van der Waals surface area contributed by atoms with E-state index in [1.807, 2.05) is 0 Å². The van der Waals surface area contributed by atoms with E-state index >= 15 is 0 Å². The van der Waals surface area contributed by atoms with Gasteiger partial charge in [0.15, 0.2) is 0 Å². The maximum atomic E-state index is 11.8. The van der Waals surface area contributed by atoms with Gasteiger partial charge in [0.2, 0.25) is 0 Å². The number of anilines is 1. The van der Waals surface area contributed by atoms with Crippen LogP contribution in [0.1, 0.15) is 29.8 Å². The lowest BCUT2D eigenvalue weighted by Gasteiger charge is -2.32. The molecule has 1 aliphatic heterocycles. The van der Waals surface area contributed by atoms with Gasteiger partial charge in [-0.25, -0.2) is 0 Å². The lowest BCUT2D eigenvalue weighted by atomic mass is 10.0. The standard InChI is InChI=1S/C11H19N5O/c1-16-5-3-2-4-8(16)7-13-11(17)9-6-10(12)15-14-9/h6,8H,2-5,7H2,1H3,(H,13,17)(H3,12,14,15). The SMILES string of the molecule is CN1CCCCC1CNC(=O)c1cc(N)n[nH]1. The van der Waals surface area contributed by atoms with Crippen LogP contribution in [0, 0.1) is 0 Å². The van der Waals surface area contributed by atoms with Crippen LogP contribution in [0.2, 0.25) is 0 Å². The smallest absolute Gasteiger partial charge is 0.269 e. The summed E-state index contributed by atoms with van der Waals surface area (Å²) in [5.41, 5.74) is 5.86. The van der Waals surface area contributed by atoms with Crippen LogP contribution in [0.4, 0.5) is 5.82 Å². The Morgan fingerprint density at radius 3 is 3.18 bits per heavy atom. The summed E-state index contributed by atoms with van der Waals surface area (Å²) in [5, 5.41) is 9.24. The minimum atomic E-state index is -0.145. The number of carbonyl (C=O) groups is 1. The lowest BCUT2D eigenvalue weighted by Crippen LogP contribution is -2.44. The van der Waals surface area contributed by atoms with Gasteiger partial charge in [-0.1, -0.05) is 6.42 Å². The van der Waals surface area contributed by atoms with Gasteiger partial charge in [0.25, 0.3) is 5.91 Å². The lowest BCUT2D eigenvalue weighted by molar-refractivity contribution is 0.0923. The summed E-state index contributed by atoms with van der Waals surface area (Å²) in [5.74, 6) is 0.193. The van der Waals surface area contributed by atoms with Gasteiger partial charge in [0.1, 0.15) is 11.5 Å². The van der Waals surface area contributed by atoms with Gasteiger partial charge >= 0.3 is 0 Å². The molecule has 1 amide bonds. The fraction of sp³-hybridized carbons (Fsp3) is 0.636. The highest BCUT2D eigenvalue weighted by Crippen LogP contribution is 2.14. The molecule has 0 aliphatic carbocycles. The first kappa shape index (κ1) is 11.9. The number of hydrogen-bond acceptors (Lipinski definition) is 4. The van der Waals surface area contributed by atoms with E-state index < -0.39 is 0 Å². The maximum absolute atomic E-state index is 11.8. The molecule has 6 nitrogen and oxygen atoms in total. The Morgan fingerprint density at radius 2 is 2.53 bits per heavy atom. The molecule has 0 radical (unpaired) electrons. The average molecular weight is 237 g/mol. The molecule has 1 aromatic heterocycles. The number of piperidine rings is 1. The fourth-order valence-corrected chi connectivity index (χ4v) is 2.16. The van der Waals surface area contributed by atoms with E-state index in [9.17, 15) is 4.79 Å². The van der Waals surface area contributed by atoms with Crippen molar-refractivity contribution in [1.29, 1.82) is 0 Å². The van der Waals surface area contributed by atoms with Crippen LogP contribution < -0.4 is 11.1 Å². The molecule has 1 aromatic rings. The summed E-state index contributed by atoms with van der Waals surface area (Å²) >= 11 is 0. The maximum Gasteiger partial charge on any atom is 0.269 e. The number of H-pyrrole nitrogens is 1. The Bertz CT molecular complexity index is 389. The summed E-state index contributed by atoms with van der Waals surface area (Å²) in [4.78, 5) is 14.0. The van der Waals surface area contributed by atoms with Gasteiger partial charge in [0, 0.05) is 18.7 Å². The minimum absolute atomic E-state index is 0.145. The van der Waals surface area contributed by atoms with Gasteiger partial charge in [0.05, 0.1) is 0 Å². The number of nitrogens with two attached hydrogens (primary N) is 1. The number of aromatic amines is 1. The molecule has 17 heavy (non-hydrogen) atoms. The number of nitrogens with one attached hydrogen (secondary N) is 2. The predicted molar refractivity (Wildman–Crippen MR) is 65.6 cm³/mol. The van der Waals surface area contributed by atoms with Crippen molar-refractivity contribution in [3.05, 3.63) is 11.8 Å². The monoisotopic (exact) mass is 237 g/mol. The quantitative estimate of drug-likeness (QED) is 0.701. The fourth-order valence-electron chi connectivity index (χ4n) is 2.16. The molecule has 1 fully saturated rings. The molecule has 6 heteroatoms. The minimum Gasteiger partial charge on any atom is -0.382 e. The molecular weight excluding hydrogens is 218 g/mol. The van der Waals surface area contributed by atoms with E-state index in [4.69, 9.17) is 5.73 Å². The number of likely N-dealkylation sites (N-methyl/N-ethyl adjacent to an activating group) is 1. The third-order valence-electron chi connectivity index (χ3n) is 3.26. The number of nitrogens with zero attached hydrogens (tertiary/aromatic N) is 2. The van der Waals surface area contributed by atoms with Crippen molar-refractivity contribution in [3.8, 4) is 0 Å². The third-order valence-corrected chi connectivity index (χ3v) is 3.26. The summed E-state index contributed by atoms with van der Waals surface area (Å²) in [6.07, 6.45) is 3.63. The molecular formula is C11H19N5O. The second-order valence-corrected chi connectivity index (χ2v) is 4.55. The average Bonchev–Trinajstić information content (AvgIpc) is 2.74. The van der Waals surface area contributed by atoms with Crippen molar-refractivity contribution in [2.24, 2.45) is 0 Å². The van der Waals surface area contributed by atoms with Crippen molar-refractivity contribution in [2.45, 2.75) is 25.3 Å². The Labute approximate surface area is 101 Å². The van der Waals surface area contributed by atoms with Crippen molar-refractivity contribution in [3.63, 3.8) is 0 Å². The Balaban J connectivity index is 1.83. The Hall–Kier alpha value is -1.56. The summed E-state index contributed by atoms with van der Waals surface area (Å²) in [7, 11) is 2.10. The predicted octanol–water partition coefficient (Wildman–Crippen LogP) is 0.206. The zero-order valence-corrected chi connectivity index (χ0v) is 10.1. The van der Waals surface area contributed by atoms with E-state index in [-0.39, 0.29) is 5.91 Å². The van der Waals surface area contributed by atoms with E-state index in [0.29, 0.717) is 24.1 Å². The molecule has 0 saturated carbocycles. The zero-order chi connectivity index (χ0) is 12.3. The highest BCUT2D eigenvalue weighted by atomic mass is 16.1. The van der Waals surface area contributed by atoms with E-state index in [1.54, 1.807) is 6.07 Å². The van der Waals surface area contributed by atoms with Gasteiger partial charge in [-0.2, -0.15) is 5.10 Å². The Kier molecular flexibility index (Phi) is 3.63. The van der Waals surface area contributed by atoms with Crippen LogP contribution in [0.3, 0.4) is 0 Å². The number of likely N-dealkylation sites (tertiary alicyclic amines) is 1. The van der Waals surface area contributed by atoms with Crippen molar-refractivity contribution in [1.82, 2.24) is 20.4 Å². The molecule has 0 bridgehead atoms. The molecule has 1 atom stereocenters. The van der Waals surface area contributed by atoms with Crippen LogP contribution in [-0.4, -0.2) is 47.2 Å². The summed E-state index contributed by atoms with van der Waals surface area (Å²) < 4.78 is 0. The first-order valence-electron chi connectivity index (χ1n) is 5.96. The number of rotatable bonds is 3. The third kappa shape index (κ3) is 2.97. The first-order chi connectivity index (χ1) is 8.16. The Morgan fingerprint density at radius 1 is 1.71 bits per heavy atom. The second kappa shape index (κ2) is 5.18. The number of aromatic nitrogens is 2. The second-order valence-electron chi connectivity index (χ2n) is 4.55. The number of amides is 1. The molecule has 0 aromatic carbocycles. The molecule has 1 aliphatic rings. The van der Waals surface area contributed by atoms with Crippen LogP contribution in [0.25, 0.3) is 0 Å². The van der Waals surface area contributed by atoms with E-state index in [1.165, 1.54) is 12.8 Å². The van der Waals surface area contributed by atoms with E-state index in [2.05, 4.69) is 27.5 Å². The highest BCUT2D eigenvalue weighted by Gasteiger charge is 2.19. The van der Waals surface area contributed by atoms with Gasteiger partial charge < -0.3 is 16.0 Å². The number of hydrogen-bond donors (Lipinski definition) is 3. The van der Waals surface area contributed by atoms with Crippen molar-refractivity contribution < 1.29 is 4.79 Å². The molecule has 2 rings (SSSR count). The van der Waals surface area contributed by atoms with E-state index in [0.717, 1.165) is 13.0 Å². The topological polar surface area (TPSA) is 87.0 Å². The number of nitrogen functional groups attached to an aromatic ring is 1. The molecule has 94 valence electrons. The summed E-state index contributed by atoms with van der Waals surface area (Å²) in [6.45, 7) is 1.78. The summed E-state index contributed by atoms with van der Waals surface area (Å²) in [6, 6.07) is 1.98. The molecule has 2 heterocycles. The van der Waals surface area contributed by atoms with Crippen LogP contribution in [0.5, 0.6) is 0 Å². The zero-order valence-electron chi connectivity index (χ0n) is 10.1. The molecule has 1 unspecified atom stereocenters. The van der Waals surface area contributed by atoms with Crippen molar-refractivity contribution >= 4 is 11.7 Å². The number of carbonyl (C=O) groups excluding carboxylic acids is 1. The van der Waals surface area contributed by atoms with Crippen molar-refractivity contribution in [2.75, 3.05) is 25.9 Å².